The molecule has 0 aliphatic rings. The van der Waals surface area contributed by atoms with E-state index in [2.05, 4.69) is 4.72 Å². The molecule has 0 spiro atoms. The number of sulfonamides is 1. The lowest BCUT2D eigenvalue weighted by molar-refractivity contribution is 0.0695. The predicted octanol–water partition coefficient (Wildman–Crippen LogP) is 1.98. The number of rotatable bonds is 8. The number of aryl methyl sites for hydroxylation is 1. The molecule has 0 aromatic heterocycles. The van der Waals surface area contributed by atoms with Crippen molar-refractivity contribution in [1.29, 1.82) is 0 Å². The molecule has 0 amide bonds. The van der Waals surface area contributed by atoms with Crippen LogP contribution in [-0.4, -0.2) is 38.0 Å². The van der Waals surface area contributed by atoms with Gasteiger partial charge >= 0.3 is 5.97 Å². The average Bonchev–Trinajstić information content (AvgIpc) is 2.42. The Labute approximate surface area is 123 Å². The normalized spacial score (nSPS) is 11.5. The van der Waals surface area contributed by atoms with Crippen LogP contribution in [0.25, 0.3) is 0 Å². The van der Waals surface area contributed by atoms with Crippen LogP contribution in [0, 0.1) is 0 Å². The summed E-state index contributed by atoms with van der Waals surface area (Å²) in [5, 5.41) is 9.11. The second-order valence-corrected chi connectivity index (χ2v) is 6.97. The Bertz CT molecular complexity index is 570. The van der Waals surface area contributed by atoms with Gasteiger partial charge in [-0.25, -0.2) is 17.9 Å². The van der Waals surface area contributed by atoms with Gasteiger partial charge in [-0.2, -0.15) is 11.8 Å². The van der Waals surface area contributed by atoms with Crippen molar-refractivity contribution in [1.82, 2.24) is 4.72 Å². The van der Waals surface area contributed by atoms with E-state index in [1.807, 2.05) is 13.2 Å². The van der Waals surface area contributed by atoms with E-state index in [-0.39, 0.29) is 10.5 Å². The zero-order chi connectivity index (χ0) is 15.2. The molecule has 0 aliphatic heterocycles. The van der Waals surface area contributed by atoms with Crippen molar-refractivity contribution >= 4 is 27.8 Å². The molecule has 0 atom stereocenters. The van der Waals surface area contributed by atoms with Gasteiger partial charge in [-0.3, -0.25) is 0 Å². The second-order valence-electron chi connectivity index (χ2n) is 4.22. The number of carbonyl (C=O) groups is 1. The SMILES string of the molecule is CCc1ccc(S(=O)(=O)NCCCSC)cc1C(=O)O. The maximum absolute atomic E-state index is 12.1. The molecule has 2 N–H and O–H groups in total. The van der Waals surface area contributed by atoms with Crippen LogP contribution in [0.15, 0.2) is 23.1 Å². The zero-order valence-electron chi connectivity index (χ0n) is 11.5. The summed E-state index contributed by atoms with van der Waals surface area (Å²) in [6.07, 6.45) is 3.24. The first kappa shape index (κ1) is 17.0. The van der Waals surface area contributed by atoms with Gasteiger partial charge in [-0.15, -0.1) is 0 Å². The fourth-order valence-electron chi connectivity index (χ4n) is 1.74. The Balaban J connectivity index is 2.95. The van der Waals surface area contributed by atoms with E-state index in [1.54, 1.807) is 17.8 Å². The number of thioether (sulfide) groups is 1. The molecule has 0 unspecified atom stereocenters. The molecule has 0 aliphatic carbocycles. The number of hydrogen-bond acceptors (Lipinski definition) is 4. The second kappa shape index (κ2) is 7.66. The minimum atomic E-state index is -3.64. The monoisotopic (exact) mass is 317 g/mol. The van der Waals surface area contributed by atoms with Crippen LogP contribution < -0.4 is 4.72 Å². The molecule has 1 rings (SSSR count). The van der Waals surface area contributed by atoms with Gasteiger partial charge in [-0.05, 0) is 42.5 Å². The molecule has 0 bridgehead atoms. The lowest BCUT2D eigenvalue weighted by Gasteiger charge is -2.09. The average molecular weight is 317 g/mol. The number of nitrogens with one attached hydrogen (secondary N) is 1. The molecule has 0 radical (unpaired) electrons. The summed E-state index contributed by atoms with van der Waals surface area (Å²) in [4.78, 5) is 11.1. The number of carboxylic acids is 1. The van der Waals surface area contributed by atoms with E-state index in [1.165, 1.54) is 12.1 Å². The molecule has 1 aromatic carbocycles. The standard InChI is InChI=1S/C13H19NO4S2/c1-3-10-5-6-11(9-12(10)13(15)16)20(17,18)14-7-4-8-19-2/h5-6,9,14H,3-4,7-8H2,1-2H3,(H,15,16). The van der Waals surface area contributed by atoms with Gasteiger partial charge in [0.1, 0.15) is 0 Å². The third kappa shape index (κ3) is 4.50. The smallest absolute Gasteiger partial charge is 0.336 e. The van der Waals surface area contributed by atoms with E-state index >= 15 is 0 Å². The molecule has 0 saturated carbocycles. The first-order valence-corrected chi connectivity index (χ1v) is 9.15. The lowest BCUT2D eigenvalue weighted by atomic mass is 10.1. The van der Waals surface area contributed by atoms with Crippen molar-refractivity contribution < 1.29 is 18.3 Å². The van der Waals surface area contributed by atoms with Crippen LogP contribution in [0.5, 0.6) is 0 Å². The summed E-state index contributed by atoms with van der Waals surface area (Å²) in [6, 6.07) is 4.22. The summed E-state index contributed by atoms with van der Waals surface area (Å²) < 4.78 is 26.6. The number of hydrogen-bond donors (Lipinski definition) is 2. The van der Waals surface area contributed by atoms with Gasteiger partial charge in [0.15, 0.2) is 0 Å². The summed E-state index contributed by atoms with van der Waals surface area (Å²) in [5.74, 6) is -0.237. The van der Waals surface area contributed by atoms with Crippen molar-refractivity contribution in [2.75, 3.05) is 18.6 Å². The molecule has 0 heterocycles. The molecular weight excluding hydrogens is 298 g/mol. The lowest BCUT2D eigenvalue weighted by Crippen LogP contribution is -2.25. The number of aromatic carboxylic acids is 1. The Morgan fingerprint density at radius 1 is 1.40 bits per heavy atom. The largest absolute Gasteiger partial charge is 0.478 e. The van der Waals surface area contributed by atoms with Crippen molar-refractivity contribution in [3.63, 3.8) is 0 Å². The maximum atomic E-state index is 12.1. The predicted molar refractivity (Wildman–Crippen MR) is 81.0 cm³/mol. The fraction of sp³-hybridized carbons (Fsp3) is 0.462. The molecule has 112 valence electrons. The summed E-state index contributed by atoms with van der Waals surface area (Å²) in [7, 11) is -3.64. The maximum Gasteiger partial charge on any atom is 0.336 e. The van der Waals surface area contributed by atoms with Gasteiger partial charge in [0.05, 0.1) is 10.5 Å². The van der Waals surface area contributed by atoms with Gasteiger partial charge in [0.25, 0.3) is 0 Å². The van der Waals surface area contributed by atoms with Gasteiger partial charge in [-0.1, -0.05) is 13.0 Å². The highest BCUT2D eigenvalue weighted by atomic mass is 32.2. The molecule has 0 saturated heterocycles. The van der Waals surface area contributed by atoms with Gasteiger partial charge < -0.3 is 5.11 Å². The number of benzene rings is 1. The molecule has 0 fully saturated rings. The van der Waals surface area contributed by atoms with Crippen molar-refractivity contribution in [2.45, 2.75) is 24.7 Å². The highest BCUT2D eigenvalue weighted by Crippen LogP contribution is 2.17. The topological polar surface area (TPSA) is 83.5 Å². The molecule has 5 nitrogen and oxygen atoms in total. The zero-order valence-corrected chi connectivity index (χ0v) is 13.2. The first-order valence-electron chi connectivity index (χ1n) is 6.27. The Hall–Kier alpha value is -1.05. The van der Waals surface area contributed by atoms with E-state index in [9.17, 15) is 13.2 Å². The number of carboxylic acid groups (broad SMARTS) is 1. The fourth-order valence-corrected chi connectivity index (χ4v) is 3.27. The van der Waals surface area contributed by atoms with Crippen LogP contribution in [0.4, 0.5) is 0 Å². The van der Waals surface area contributed by atoms with Crippen molar-refractivity contribution in [3.8, 4) is 0 Å². The van der Waals surface area contributed by atoms with Gasteiger partial charge in [0.2, 0.25) is 10.0 Å². The van der Waals surface area contributed by atoms with E-state index in [0.29, 0.717) is 18.5 Å². The van der Waals surface area contributed by atoms with Crippen LogP contribution in [0.3, 0.4) is 0 Å². The third-order valence-electron chi connectivity index (χ3n) is 2.82. The summed E-state index contributed by atoms with van der Waals surface area (Å²) in [6.45, 7) is 2.18. The van der Waals surface area contributed by atoms with E-state index in [4.69, 9.17) is 5.11 Å². The van der Waals surface area contributed by atoms with E-state index in [0.717, 1.165) is 12.2 Å². The highest BCUT2D eigenvalue weighted by molar-refractivity contribution is 7.98. The van der Waals surface area contributed by atoms with Crippen LogP contribution in [0.1, 0.15) is 29.3 Å². The first-order chi connectivity index (χ1) is 9.42. The van der Waals surface area contributed by atoms with E-state index < -0.39 is 16.0 Å². The minimum absolute atomic E-state index is 0.00347. The molecular formula is C13H19NO4S2. The van der Waals surface area contributed by atoms with Crippen molar-refractivity contribution in [2.24, 2.45) is 0 Å². The van der Waals surface area contributed by atoms with Crippen LogP contribution in [0.2, 0.25) is 0 Å². The quantitative estimate of drug-likeness (QED) is 0.716. The van der Waals surface area contributed by atoms with Crippen molar-refractivity contribution in [3.05, 3.63) is 29.3 Å². The summed E-state index contributed by atoms with van der Waals surface area (Å²) >= 11 is 1.65. The Morgan fingerprint density at radius 3 is 2.65 bits per heavy atom. The molecule has 1 aromatic rings. The minimum Gasteiger partial charge on any atom is -0.478 e. The third-order valence-corrected chi connectivity index (χ3v) is 4.98. The van der Waals surface area contributed by atoms with Gasteiger partial charge in [0, 0.05) is 6.54 Å². The molecule has 20 heavy (non-hydrogen) atoms. The summed E-state index contributed by atoms with van der Waals surface area (Å²) in [5.41, 5.74) is 0.665. The Morgan fingerprint density at radius 2 is 2.10 bits per heavy atom. The molecule has 7 heteroatoms. The van der Waals surface area contributed by atoms with Crippen LogP contribution >= 0.6 is 11.8 Å². The van der Waals surface area contributed by atoms with Crippen LogP contribution in [-0.2, 0) is 16.4 Å². The highest BCUT2D eigenvalue weighted by Gasteiger charge is 2.17. The Kier molecular flexibility index (Phi) is 6.51.